The van der Waals surface area contributed by atoms with E-state index in [1.807, 2.05) is 29.9 Å². The average Bonchev–Trinajstić information content (AvgIpc) is 3.31. The van der Waals surface area contributed by atoms with Gasteiger partial charge in [0.1, 0.15) is 0 Å². The summed E-state index contributed by atoms with van der Waals surface area (Å²) in [5.41, 5.74) is 1.07. The number of anilines is 1. The van der Waals surface area contributed by atoms with Crippen LogP contribution in [0.5, 0.6) is 0 Å². The number of carbonyl (C=O) groups excluding carboxylic acids is 2. The van der Waals surface area contributed by atoms with Crippen molar-refractivity contribution in [3.8, 4) is 0 Å². The molecule has 1 aliphatic rings. The van der Waals surface area contributed by atoms with E-state index >= 15 is 0 Å². The third-order valence-corrected chi connectivity index (χ3v) is 4.75. The van der Waals surface area contributed by atoms with Crippen molar-refractivity contribution in [2.24, 2.45) is 7.05 Å². The largest absolute Gasteiger partial charge is 0.353 e. The van der Waals surface area contributed by atoms with Crippen molar-refractivity contribution in [2.45, 2.75) is 18.9 Å². The molecule has 2 amide bonds. The minimum Gasteiger partial charge on any atom is -0.353 e. The van der Waals surface area contributed by atoms with Crippen LogP contribution in [0.4, 0.5) is 14.5 Å². The molecule has 1 unspecified atom stereocenters. The Bertz CT molecular complexity index is 831. The molecule has 1 saturated heterocycles. The second kappa shape index (κ2) is 8.30. The summed E-state index contributed by atoms with van der Waals surface area (Å²) in [4.78, 5) is 26.5. The lowest BCUT2D eigenvalue weighted by molar-refractivity contribution is -0.136. The highest BCUT2D eigenvalue weighted by molar-refractivity contribution is 6.39. The van der Waals surface area contributed by atoms with Crippen LogP contribution >= 0.6 is 0 Å². The van der Waals surface area contributed by atoms with Crippen LogP contribution in [0.15, 0.2) is 36.5 Å². The Hall–Kier alpha value is -2.74. The number of amides is 2. The molecule has 1 atom stereocenters. The van der Waals surface area contributed by atoms with Crippen LogP contribution in [-0.2, 0) is 16.6 Å². The van der Waals surface area contributed by atoms with E-state index in [0.29, 0.717) is 0 Å². The zero-order valence-electron chi connectivity index (χ0n) is 15.0. The molecule has 27 heavy (non-hydrogen) atoms. The summed E-state index contributed by atoms with van der Waals surface area (Å²) in [5.74, 6) is -3.86. The Morgan fingerprint density at radius 2 is 1.85 bits per heavy atom. The first-order valence-corrected chi connectivity index (χ1v) is 8.85. The predicted molar refractivity (Wildman–Crippen MR) is 97.0 cm³/mol. The Balaban J connectivity index is 1.62. The summed E-state index contributed by atoms with van der Waals surface area (Å²) in [5, 5.41) is 4.92. The molecule has 0 radical (unpaired) electrons. The summed E-state index contributed by atoms with van der Waals surface area (Å²) in [6.45, 7) is 2.15. The molecule has 2 N–H and O–H groups in total. The first-order valence-electron chi connectivity index (χ1n) is 8.85. The molecule has 1 aliphatic heterocycles. The second-order valence-corrected chi connectivity index (χ2v) is 6.60. The van der Waals surface area contributed by atoms with E-state index in [4.69, 9.17) is 0 Å². The lowest BCUT2D eigenvalue weighted by atomic mass is 10.1. The fraction of sp³-hybridized carbons (Fsp3) is 0.368. The third kappa shape index (κ3) is 4.51. The van der Waals surface area contributed by atoms with E-state index in [0.717, 1.165) is 43.8 Å². The monoisotopic (exact) mass is 376 g/mol. The summed E-state index contributed by atoms with van der Waals surface area (Å²) in [6, 6.07) is 6.82. The number of halogens is 2. The van der Waals surface area contributed by atoms with Gasteiger partial charge in [-0.1, -0.05) is 0 Å². The van der Waals surface area contributed by atoms with Gasteiger partial charge < -0.3 is 15.2 Å². The standard InChI is InChI=1S/C19H22F2N4O2/c1-24-8-4-5-16(24)17(25-9-2-3-10-25)12-22-18(26)19(27)23-13-6-7-14(20)15(21)11-13/h4-8,11,17H,2-3,9-10,12H2,1H3,(H,22,26)(H,23,27). The second-order valence-electron chi connectivity index (χ2n) is 6.60. The summed E-state index contributed by atoms with van der Waals surface area (Å²) in [6.07, 6.45) is 4.15. The number of benzene rings is 1. The van der Waals surface area contributed by atoms with Crippen LogP contribution < -0.4 is 10.6 Å². The van der Waals surface area contributed by atoms with Gasteiger partial charge in [0.05, 0.1) is 6.04 Å². The van der Waals surface area contributed by atoms with Crippen molar-refractivity contribution >= 4 is 17.5 Å². The van der Waals surface area contributed by atoms with Gasteiger partial charge >= 0.3 is 11.8 Å². The topological polar surface area (TPSA) is 66.4 Å². The molecule has 1 aromatic carbocycles. The SMILES string of the molecule is Cn1cccc1C(CNC(=O)C(=O)Nc1ccc(F)c(F)c1)N1CCCC1. The zero-order valence-corrected chi connectivity index (χ0v) is 15.0. The van der Waals surface area contributed by atoms with E-state index in [9.17, 15) is 18.4 Å². The Labute approximate surface area is 156 Å². The van der Waals surface area contributed by atoms with Crippen molar-refractivity contribution in [1.82, 2.24) is 14.8 Å². The molecule has 0 spiro atoms. The number of hydrogen-bond acceptors (Lipinski definition) is 3. The number of nitrogens with zero attached hydrogens (tertiary/aromatic N) is 2. The van der Waals surface area contributed by atoms with E-state index in [-0.39, 0.29) is 18.3 Å². The number of likely N-dealkylation sites (tertiary alicyclic amines) is 1. The molecule has 6 nitrogen and oxygen atoms in total. The average molecular weight is 376 g/mol. The molecule has 1 fully saturated rings. The minimum absolute atomic E-state index is 0.0209. The molecule has 0 saturated carbocycles. The number of aryl methyl sites for hydroxylation is 1. The van der Waals surface area contributed by atoms with Gasteiger partial charge in [0.15, 0.2) is 11.6 Å². The van der Waals surface area contributed by atoms with Crippen LogP contribution in [-0.4, -0.2) is 40.9 Å². The van der Waals surface area contributed by atoms with Gasteiger partial charge in [0.25, 0.3) is 0 Å². The molecule has 1 aromatic heterocycles. The van der Waals surface area contributed by atoms with Gasteiger partial charge in [0, 0.05) is 37.2 Å². The Morgan fingerprint density at radius 1 is 1.11 bits per heavy atom. The van der Waals surface area contributed by atoms with E-state index in [1.165, 1.54) is 6.07 Å². The van der Waals surface area contributed by atoms with Crippen LogP contribution in [0.1, 0.15) is 24.6 Å². The van der Waals surface area contributed by atoms with Gasteiger partial charge in [0.2, 0.25) is 0 Å². The van der Waals surface area contributed by atoms with E-state index in [2.05, 4.69) is 15.5 Å². The third-order valence-electron chi connectivity index (χ3n) is 4.75. The number of carbonyl (C=O) groups is 2. The van der Waals surface area contributed by atoms with Crippen LogP contribution in [0.2, 0.25) is 0 Å². The zero-order chi connectivity index (χ0) is 19.4. The van der Waals surface area contributed by atoms with E-state index in [1.54, 1.807) is 0 Å². The van der Waals surface area contributed by atoms with Crippen molar-refractivity contribution < 1.29 is 18.4 Å². The summed E-state index contributed by atoms with van der Waals surface area (Å²) in [7, 11) is 1.94. The lowest BCUT2D eigenvalue weighted by Gasteiger charge is -2.28. The smallest absolute Gasteiger partial charge is 0.313 e. The number of hydrogen-bond donors (Lipinski definition) is 2. The van der Waals surface area contributed by atoms with Gasteiger partial charge in [-0.15, -0.1) is 0 Å². The fourth-order valence-corrected chi connectivity index (χ4v) is 3.33. The Kier molecular flexibility index (Phi) is 5.85. The first-order chi connectivity index (χ1) is 13.0. The first kappa shape index (κ1) is 19.0. The molecule has 2 aromatic rings. The molecule has 3 rings (SSSR count). The highest BCUT2D eigenvalue weighted by Gasteiger charge is 2.26. The quantitative estimate of drug-likeness (QED) is 0.787. The molecule has 8 heteroatoms. The maximum Gasteiger partial charge on any atom is 0.313 e. The normalized spacial score (nSPS) is 15.5. The van der Waals surface area contributed by atoms with Crippen molar-refractivity contribution in [3.05, 3.63) is 53.9 Å². The maximum absolute atomic E-state index is 13.2. The Morgan fingerprint density at radius 3 is 2.48 bits per heavy atom. The summed E-state index contributed by atoms with van der Waals surface area (Å²) < 4.78 is 28.2. The molecular weight excluding hydrogens is 354 g/mol. The van der Waals surface area contributed by atoms with Crippen molar-refractivity contribution in [1.29, 1.82) is 0 Å². The molecular formula is C19H22F2N4O2. The van der Waals surface area contributed by atoms with Gasteiger partial charge in [-0.3, -0.25) is 14.5 Å². The van der Waals surface area contributed by atoms with E-state index < -0.39 is 23.4 Å². The van der Waals surface area contributed by atoms with Crippen molar-refractivity contribution in [3.63, 3.8) is 0 Å². The van der Waals surface area contributed by atoms with Crippen LogP contribution in [0.25, 0.3) is 0 Å². The van der Waals surface area contributed by atoms with Gasteiger partial charge in [-0.25, -0.2) is 8.78 Å². The minimum atomic E-state index is -1.09. The highest BCUT2D eigenvalue weighted by Crippen LogP contribution is 2.24. The predicted octanol–water partition coefficient (Wildman–Crippen LogP) is 2.20. The van der Waals surface area contributed by atoms with Crippen LogP contribution in [0, 0.1) is 11.6 Å². The van der Waals surface area contributed by atoms with Gasteiger partial charge in [-0.05, 0) is 50.2 Å². The van der Waals surface area contributed by atoms with Crippen LogP contribution in [0.3, 0.4) is 0 Å². The lowest BCUT2D eigenvalue weighted by Crippen LogP contribution is -2.41. The number of aromatic nitrogens is 1. The van der Waals surface area contributed by atoms with Gasteiger partial charge in [-0.2, -0.15) is 0 Å². The summed E-state index contributed by atoms with van der Waals surface area (Å²) >= 11 is 0. The number of rotatable bonds is 5. The molecule has 0 aliphatic carbocycles. The maximum atomic E-state index is 13.2. The molecule has 144 valence electrons. The molecule has 2 heterocycles. The fourth-order valence-electron chi connectivity index (χ4n) is 3.33. The van der Waals surface area contributed by atoms with Crippen molar-refractivity contribution in [2.75, 3.05) is 25.0 Å². The highest BCUT2D eigenvalue weighted by atomic mass is 19.2. The molecule has 0 bridgehead atoms. The number of nitrogens with one attached hydrogen (secondary N) is 2.